The predicted octanol–water partition coefficient (Wildman–Crippen LogP) is 18.4. The molecule has 0 aliphatic heterocycles. The van der Waals surface area contributed by atoms with Crippen LogP contribution in [-0.4, -0.2) is 0 Å². The maximum atomic E-state index is 2.51. The van der Waals surface area contributed by atoms with E-state index in [1.165, 1.54) is 94.2 Å². The molecule has 0 aromatic heterocycles. The minimum absolute atomic E-state index is 0.515. The van der Waals surface area contributed by atoms with Crippen molar-refractivity contribution in [3.63, 3.8) is 0 Å². The van der Waals surface area contributed by atoms with Crippen molar-refractivity contribution in [3.05, 3.63) is 342 Å². The molecule has 0 radical (unpaired) electrons. The van der Waals surface area contributed by atoms with Crippen LogP contribution in [0.3, 0.4) is 0 Å². The van der Waals surface area contributed by atoms with Gasteiger partial charge >= 0.3 is 0 Å². The number of rotatable bonds is 9. The molecule has 73 heavy (non-hydrogen) atoms. The van der Waals surface area contributed by atoms with Gasteiger partial charge in [0.25, 0.3) is 0 Å². The highest BCUT2D eigenvalue weighted by Crippen LogP contribution is 2.60. The highest BCUT2D eigenvalue weighted by molar-refractivity contribution is 6.06. The van der Waals surface area contributed by atoms with Crippen molar-refractivity contribution in [2.45, 2.75) is 10.8 Å². The van der Waals surface area contributed by atoms with Crippen molar-refractivity contribution < 1.29 is 0 Å². The van der Waals surface area contributed by atoms with Crippen molar-refractivity contribution in [1.82, 2.24) is 0 Å². The van der Waals surface area contributed by atoms with Crippen molar-refractivity contribution in [1.29, 1.82) is 0 Å². The fraction of sp³-hybridized carbons (Fsp3) is 0.0278. The second-order valence-corrected chi connectivity index (χ2v) is 19.4. The quantitative estimate of drug-likeness (QED) is 0.139. The Balaban J connectivity index is 0.991. The van der Waals surface area contributed by atoms with E-state index >= 15 is 0 Å². The lowest BCUT2D eigenvalue weighted by Crippen LogP contribution is -2.28. The van der Waals surface area contributed by atoms with E-state index in [2.05, 4.69) is 302 Å². The highest BCUT2D eigenvalue weighted by atomic mass is 15.1. The van der Waals surface area contributed by atoms with Gasteiger partial charge in [0.05, 0.1) is 16.5 Å². The fourth-order valence-corrected chi connectivity index (χ4v) is 12.9. The van der Waals surface area contributed by atoms with Crippen LogP contribution in [0, 0.1) is 0 Å². The third kappa shape index (κ3) is 6.42. The third-order valence-corrected chi connectivity index (χ3v) is 15.8. The Labute approximate surface area is 427 Å². The standard InChI is InChI=1S/C72H49N/c1-6-26-53(27-7-1)71(54-28-8-2-9-29-54)65-41-21-19-39-63(65)70-66(71)42-23-43-68(70)73(57-34-14-5-15-35-57)58-36-22-25-51(48-58)60-46-44-50-24-16-17-37-59(50)69(60)52-45-47-62-61-38-18-20-40-64(61)72(67(62)49-52,55-30-10-3-11-31-55)56-32-12-4-13-33-56/h1-49H. The van der Waals surface area contributed by atoms with E-state index in [1.807, 2.05) is 0 Å². The van der Waals surface area contributed by atoms with E-state index in [4.69, 9.17) is 0 Å². The highest BCUT2D eigenvalue weighted by Gasteiger charge is 2.48. The van der Waals surface area contributed by atoms with E-state index in [0.717, 1.165) is 22.6 Å². The van der Waals surface area contributed by atoms with Crippen LogP contribution in [-0.2, 0) is 10.8 Å². The topological polar surface area (TPSA) is 3.24 Å². The van der Waals surface area contributed by atoms with E-state index in [9.17, 15) is 0 Å². The summed E-state index contributed by atoms with van der Waals surface area (Å²) in [6.07, 6.45) is 0. The second kappa shape index (κ2) is 17.2. The van der Waals surface area contributed by atoms with Gasteiger partial charge in [-0.15, -0.1) is 0 Å². The van der Waals surface area contributed by atoms with Gasteiger partial charge in [-0.2, -0.15) is 0 Å². The molecule has 0 N–H and O–H groups in total. The molecule has 12 aromatic carbocycles. The molecule has 0 saturated heterocycles. The molecule has 0 saturated carbocycles. The first-order valence-electron chi connectivity index (χ1n) is 25.4. The minimum Gasteiger partial charge on any atom is -0.310 e. The van der Waals surface area contributed by atoms with Crippen LogP contribution >= 0.6 is 0 Å². The monoisotopic (exact) mass is 927 g/mol. The number of para-hydroxylation sites is 1. The van der Waals surface area contributed by atoms with Crippen molar-refractivity contribution >= 4 is 27.8 Å². The number of hydrogen-bond acceptors (Lipinski definition) is 1. The van der Waals surface area contributed by atoms with Gasteiger partial charge < -0.3 is 4.90 Å². The SMILES string of the molecule is c1ccc(N(c2cccc(-c3ccc4ccccc4c3-c3ccc4c(c3)C(c3ccccc3)(c3ccccc3)c3ccccc3-4)c2)c2cccc3c2-c2ccccc2C3(c2ccccc2)c2ccccc2)cc1. The molecule has 14 rings (SSSR count). The van der Waals surface area contributed by atoms with E-state index in [-0.39, 0.29) is 0 Å². The number of anilines is 3. The van der Waals surface area contributed by atoms with Crippen LogP contribution in [0.2, 0.25) is 0 Å². The third-order valence-electron chi connectivity index (χ3n) is 15.8. The molecular weight excluding hydrogens is 879 g/mol. The Morgan fingerprint density at radius 3 is 1.36 bits per heavy atom. The lowest BCUT2D eigenvalue weighted by atomic mass is 9.67. The first-order chi connectivity index (χ1) is 36.2. The number of benzene rings is 12. The number of fused-ring (bicyclic) bond motifs is 7. The van der Waals surface area contributed by atoms with Crippen LogP contribution in [0.1, 0.15) is 44.5 Å². The molecule has 1 heteroatoms. The molecule has 2 aliphatic carbocycles. The molecule has 0 bridgehead atoms. The summed E-state index contributed by atoms with van der Waals surface area (Å²) < 4.78 is 0. The van der Waals surface area contributed by atoms with E-state index < -0.39 is 10.8 Å². The fourth-order valence-electron chi connectivity index (χ4n) is 12.9. The molecular formula is C72H49N. The average Bonchev–Trinajstić information content (AvgIpc) is 3.95. The molecule has 0 unspecified atom stereocenters. The lowest BCUT2D eigenvalue weighted by Gasteiger charge is -2.34. The lowest BCUT2D eigenvalue weighted by molar-refractivity contribution is 0.768. The molecule has 0 atom stereocenters. The van der Waals surface area contributed by atoms with Gasteiger partial charge in [0, 0.05) is 16.9 Å². The Kier molecular flexibility index (Phi) is 10.0. The predicted molar refractivity (Wildman–Crippen MR) is 304 cm³/mol. The van der Waals surface area contributed by atoms with Crippen molar-refractivity contribution in [3.8, 4) is 44.5 Å². The van der Waals surface area contributed by atoms with Crippen molar-refractivity contribution in [2.75, 3.05) is 4.90 Å². The number of nitrogens with zero attached hydrogens (tertiary/aromatic N) is 1. The zero-order chi connectivity index (χ0) is 48.3. The summed E-state index contributed by atoms with van der Waals surface area (Å²) in [4.78, 5) is 2.48. The number of hydrogen-bond donors (Lipinski definition) is 0. The molecule has 2 aliphatic rings. The summed E-state index contributed by atoms with van der Waals surface area (Å²) in [5, 5.41) is 2.43. The first-order valence-corrected chi connectivity index (χ1v) is 25.4. The van der Waals surface area contributed by atoms with Gasteiger partial charge in [0.1, 0.15) is 0 Å². The first kappa shape index (κ1) is 42.6. The van der Waals surface area contributed by atoms with E-state index in [1.54, 1.807) is 0 Å². The van der Waals surface area contributed by atoms with Crippen LogP contribution in [0.4, 0.5) is 17.1 Å². The summed E-state index contributed by atoms with van der Waals surface area (Å²) in [5.74, 6) is 0. The van der Waals surface area contributed by atoms with Gasteiger partial charge in [0.15, 0.2) is 0 Å². The zero-order valence-corrected chi connectivity index (χ0v) is 40.2. The summed E-state index contributed by atoms with van der Waals surface area (Å²) in [6.45, 7) is 0. The Hall–Kier alpha value is -9.30. The Morgan fingerprint density at radius 2 is 0.712 bits per heavy atom. The summed E-state index contributed by atoms with van der Waals surface area (Å²) >= 11 is 0. The van der Waals surface area contributed by atoms with Gasteiger partial charge in [0.2, 0.25) is 0 Å². The largest absolute Gasteiger partial charge is 0.310 e. The van der Waals surface area contributed by atoms with Gasteiger partial charge in [-0.25, -0.2) is 0 Å². The molecule has 1 nitrogen and oxygen atoms in total. The molecule has 0 spiro atoms. The van der Waals surface area contributed by atoms with Gasteiger partial charge in [-0.1, -0.05) is 261 Å². The Morgan fingerprint density at radius 1 is 0.247 bits per heavy atom. The molecule has 342 valence electrons. The second-order valence-electron chi connectivity index (χ2n) is 19.4. The van der Waals surface area contributed by atoms with Gasteiger partial charge in [-0.05, 0) is 131 Å². The normalized spacial score (nSPS) is 13.4. The zero-order valence-electron chi connectivity index (χ0n) is 40.2. The van der Waals surface area contributed by atoms with Crippen LogP contribution in [0.15, 0.2) is 297 Å². The average molecular weight is 928 g/mol. The maximum absolute atomic E-state index is 2.51. The summed E-state index contributed by atoms with van der Waals surface area (Å²) in [6, 6.07) is 110. The van der Waals surface area contributed by atoms with Crippen LogP contribution in [0.25, 0.3) is 55.3 Å². The van der Waals surface area contributed by atoms with Crippen molar-refractivity contribution in [2.24, 2.45) is 0 Å². The summed E-state index contributed by atoms with van der Waals surface area (Å²) in [7, 11) is 0. The molecule has 0 amide bonds. The van der Waals surface area contributed by atoms with Crippen LogP contribution < -0.4 is 4.90 Å². The van der Waals surface area contributed by atoms with E-state index in [0.29, 0.717) is 0 Å². The van der Waals surface area contributed by atoms with Crippen LogP contribution in [0.5, 0.6) is 0 Å². The Bertz CT molecular complexity index is 3930. The summed E-state index contributed by atoms with van der Waals surface area (Å²) in [5.41, 5.74) is 22.3. The molecule has 0 heterocycles. The molecule has 0 fully saturated rings. The van der Waals surface area contributed by atoms with Gasteiger partial charge in [-0.3, -0.25) is 0 Å². The molecule has 12 aromatic rings. The smallest absolute Gasteiger partial charge is 0.0714 e. The minimum atomic E-state index is -0.523. The maximum Gasteiger partial charge on any atom is 0.0714 e.